The Hall–Kier alpha value is -7.36. The topological polar surface area (TPSA) is 38.9 Å². The van der Waals surface area contributed by atoms with Gasteiger partial charge in [0.25, 0.3) is 0 Å². The molecule has 3 heteroatoms. The van der Waals surface area contributed by atoms with Crippen LogP contribution in [0.1, 0.15) is 0 Å². The van der Waals surface area contributed by atoms with Gasteiger partial charge in [0.2, 0.25) is 0 Å². The molecule has 0 radical (unpaired) electrons. The Balaban J connectivity index is 1.20. The summed E-state index contributed by atoms with van der Waals surface area (Å²) >= 11 is 0. The highest BCUT2D eigenvalue weighted by molar-refractivity contribution is 6.29. The first-order valence-electron chi connectivity index (χ1n) is 18.7. The van der Waals surface area contributed by atoms with E-state index in [1.807, 2.05) is 36.4 Å². The van der Waals surface area contributed by atoms with Gasteiger partial charge in [-0.1, -0.05) is 176 Å². The van der Waals surface area contributed by atoms with Crippen LogP contribution in [-0.2, 0) is 0 Å². The molecular weight excluding hydrogens is 669 g/mol. The minimum atomic E-state index is 0.655. The number of aromatic nitrogens is 2. The zero-order valence-corrected chi connectivity index (χ0v) is 29.8. The first-order valence-corrected chi connectivity index (χ1v) is 18.7. The third-order valence-electron chi connectivity index (χ3n) is 10.9. The Bertz CT molecular complexity index is 3220. The van der Waals surface area contributed by atoms with Gasteiger partial charge in [0.15, 0.2) is 11.6 Å². The van der Waals surface area contributed by atoms with E-state index < -0.39 is 0 Å². The SMILES string of the molecule is c1ccc(-c2nc(-c3cc4ccccc4o3)cc(-c3ccc(-c4c5ccccc5c(-c5ccccc5)c5c4ccc4ccccc45)c4ccccc34)n2)cc1. The minimum absolute atomic E-state index is 0.655. The van der Waals surface area contributed by atoms with Crippen LogP contribution < -0.4 is 0 Å². The van der Waals surface area contributed by atoms with Gasteiger partial charge >= 0.3 is 0 Å². The molecule has 3 nitrogen and oxygen atoms in total. The van der Waals surface area contributed by atoms with Gasteiger partial charge in [-0.05, 0) is 83.5 Å². The van der Waals surface area contributed by atoms with E-state index in [9.17, 15) is 0 Å². The summed E-state index contributed by atoms with van der Waals surface area (Å²) in [6, 6.07) is 68.7. The molecule has 0 N–H and O–H groups in total. The highest BCUT2D eigenvalue weighted by Gasteiger charge is 2.21. The number of hydrogen-bond acceptors (Lipinski definition) is 3. The summed E-state index contributed by atoms with van der Waals surface area (Å²) in [5.41, 5.74) is 9.30. The van der Waals surface area contributed by atoms with E-state index in [4.69, 9.17) is 14.4 Å². The Labute approximate surface area is 317 Å². The molecule has 11 rings (SSSR count). The van der Waals surface area contributed by atoms with Crippen LogP contribution in [0.4, 0.5) is 0 Å². The van der Waals surface area contributed by atoms with E-state index in [-0.39, 0.29) is 0 Å². The van der Waals surface area contributed by atoms with Crippen LogP contribution in [0, 0.1) is 0 Å². The van der Waals surface area contributed by atoms with Gasteiger partial charge in [0.05, 0.1) is 5.69 Å². The lowest BCUT2D eigenvalue weighted by molar-refractivity contribution is 0.628. The molecule has 0 atom stereocenters. The van der Waals surface area contributed by atoms with Crippen molar-refractivity contribution >= 4 is 54.1 Å². The molecule has 0 spiro atoms. The van der Waals surface area contributed by atoms with Gasteiger partial charge in [-0.25, -0.2) is 9.97 Å². The fraction of sp³-hybridized carbons (Fsp3) is 0. The van der Waals surface area contributed by atoms with Gasteiger partial charge in [-0.15, -0.1) is 0 Å². The average molecular weight is 701 g/mol. The molecule has 2 heterocycles. The molecule has 0 saturated heterocycles. The van der Waals surface area contributed by atoms with Crippen molar-refractivity contribution in [2.24, 2.45) is 0 Å². The molecular formula is C52H32N2O. The largest absolute Gasteiger partial charge is 0.454 e. The Morgan fingerprint density at radius 3 is 1.65 bits per heavy atom. The van der Waals surface area contributed by atoms with Crippen LogP contribution in [0.2, 0.25) is 0 Å². The minimum Gasteiger partial charge on any atom is -0.454 e. The van der Waals surface area contributed by atoms with Crippen LogP contribution in [0.3, 0.4) is 0 Å². The lowest BCUT2D eigenvalue weighted by Crippen LogP contribution is -1.97. The number of fused-ring (bicyclic) bond motifs is 6. The van der Waals surface area contributed by atoms with Crippen molar-refractivity contribution in [2.45, 2.75) is 0 Å². The summed E-state index contributed by atoms with van der Waals surface area (Å²) < 4.78 is 6.36. The third kappa shape index (κ3) is 5.13. The van der Waals surface area contributed by atoms with Gasteiger partial charge in [0, 0.05) is 16.5 Å². The molecule has 2 aromatic heterocycles. The molecule has 0 unspecified atom stereocenters. The molecule has 256 valence electrons. The van der Waals surface area contributed by atoms with Crippen LogP contribution in [0.15, 0.2) is 199 Å². The standard InChI is InChI=1S/C52H32N2O/c1-3-16-34(17-4-1)49-41-24-12-13-25-42(41)50(44-28-27-33-15-7-9-21-37(33)51(44)49)43-30-29-40(38-22-10-11-23-39(38)43)45-32-46(48-31-36-20-8-14-26-47(36)55-48)54-52(53-45)35-18-5-2-6-19-35/h1-32H. The number of furan rings is 1. The quantitative estimate of drug-likeness (QED) is 0.133. The van der Waals surface area contributed by atoms with Crippen LogP contribution >= 0.6 is 0 Å². The second-order valence-corrected chi connectivity index (χ2v) is 14.1. The van der Waals surface area contributed by atoms with E-state index in [1.54, 1.807) is 0 Å². The molecule has 0 saturated carbocycles. The predicted octanol–water partition coefficient (Wildman–Crippen LogP) is 14.2. The molecule has 0 aliphatic rings. The fourth-order valence-corrected chi connectivity index (χ4v) is 8.42. The third-order valence-corrected chi connectivity index (χ3v) is 10.9. The van der Waals surface area contributed by atoms with Gasteiger partial charge in [-0.2, -0.15) is 0 Å². The van der Waals surface area contributed by atoms with Crippen molar-refractivity contribution in [2.75, 3.05) is 0 Å². The predicted molar refractivity (Wildman–Crippen MR) is 229 cm³/mol. The maximum absolute atomic E-state index is 6.36. The second kappa shape index (κ2) is 12.6. The van der Waals surface area contributed by atoms with Gasteiger partial charge in [-0.3, -0.25) is 0 Å². The molecule has 0 amide bonds. The number of hydrogen-bond donors (Lipinski definition) is 0. The second-order valence-electron chi connectivity index (χ2n) is 14.1. The Kier molecular flexibility index (Phi) is 7.17. The van der Waals surface area contributed by atoms with Crippen LogP contribution in [0.5, 0.6) is 0 Å². The Morgan fingerprint density at radius 2 is 0.909 bits per heavy atom. The fourth-order valence-electron chi connectivity index (χ4n) is 8.42. The zero-order chi connectivity index (χ0) is 36.3. The molecule has 55 heavy (non-hydrogen) atoms. The highest BCUT2D eigenvalue weighted by atomic mass is 16.3. The van der Waals surface area contributed by atoms with Crippen molar-refractivity contribution in [1.29, 1.82) is 0 Å². The maximum Gasteiger partial charge on any atom is 0.160 e. The average Bonchev–Trinajstić information content (AvgIpc) is 3.70. The van der Waals surface area contributed by atoms with Gasteiger partial charge < -0.3 is 4.42 Å². The number of para-hydroxylation sites is 1. The summed E-state index contributed by atoms with van der Waals surface area (Å²) in [5, 5.41) is 10.8. The van der Waals surface area contributed by atoms with Crippen molar-refractivity contribution < 1.29 is 4.42 Å². The highest BCUT2D eigenvalue weighted by Crippen LogP contribution is 2.48. The molecule has 0 aliphatic heterocycles. The first-order chi connectivity index (χ1) is 27.3. The summed E-state index contributed by atoms with van der Waals surface area (Å²) in [6.07, 6.45) is 0. The van der Waals surface area contributed by atoms with Crippen LogP contribution in [0.25, 0.3) is 110 Å². The van der Waals surface area contributed by atoms with Crippen LogP contribution in [-0.4, -0.2) is 9.97 Å². The molecule has 11 aromatic rings. The number of rotatable bonds is 5. The molecule has 0 fully saturated rings. The van der Waals surface area contributed by atoms with Crippen molar-refractivity contribution in [3.8, 4) is 56.4 Å². The normalized spacial score (nSPS) is 11.6. The zero-order valence-electron chi connectivity index (χ0n) is 29.8. The van der Waals surface area contributed by atoms with Crippen molar-refractivity contribution in [1.82, 2.24) is 9.97 Å². The lowest BCUT2D eigenvalue weighted by atomic mass is 9.82. The summed E-state index contributed by atoms with van der Waals surface area (Å²) in [5.74, 6) is 1.37. The summed E-state index contributed by atoms with van der Waals surface area (Å²) in [4.78, 5) is 10.3. The van der Waals surface area contributed by atoms with Gasteiger partial charge in [0.1, 0.15) is 11.3 Å². The summed E-state index contributed by atoms with van der Waals surface area (Å²) in [6.45, 7) is 0. The first kappa shape index (κ1) is 31.2. The Morgan fingerprint density at radius 1 is 0.345 bits per heavy atom. The van der Waals surface area contributed by atoms with E-state index in [0.29, 0.717) is 11.6 Å². The van der Waals surface area contributed by atoms with E-state index in [1.165, 1.54) is 54.6 Å². The van der Waals surface area contributed by atoms with E-state index in [0.717, 1.165) is 44.3 Å². The van der Waals surface area contributed by atoms with Crippen molar-refractivity contribution in [3.05, 3.63) is 194 Å². The molecule has 9 aromatic carbocycles. The number of nitrogens with zero attached hydrogens (tertiary/aromatic N) is 2. The summed E-state index contributed by atoms with van der Waals surface area (Å²) in [7, 11) is 0. The van der Waals surface area contributed by atoms with Crippen molar-refractivity contribution in [3.63, 3.8) is 0 Å². The smallest absolute Gasteiger partial charge is 0.160 e. The monoisotopic (exact) mass is 700 g/mol. The van der Waals surface area contributed by atoms with E-state index in [2.05, 4.69) is 158 Å². The maximum atomic E-state index is 6.36. The van der Waals surface area contributed by atoms with E-state index >= 15 is 0 Å². The molecule has 0 bridgehead atoms. The number of benzene rings is 9. The lowest BCUT2D eigenvalue weighted by Gasteiger charge is -2.21. The molecule has 0 aliphatic carbocycles.